The third-order valence-electron chi connectivity index (χ3n) is 4.19. The lowest BCUT2D eigenvalue weighted by Crippen LogP contribution is -2.43. The van der Waals surface area contributed by atoms with Crippen LogP contribution >= 0.6 is 27.5 Å². The number of carbonyl (C=O) groups is 1. The summed E-state index contributed by atoms with van der Waals surface area (Å²) >= 11 is 9.56. The van der Waals surface area contributed by atoms with Crippen molar-refractivity contribution in [3.63, 3.8) is 0 Å². The molecule has 0 bridgehead atoms. The maximum absolute atomic E-state index is 12.6. The smallest absolute Gasteiger partial charge is 0.383 e. The zero-order valence-electron chi connectivity index (χ0n) is 14.6. The van der Waals surface area contributed by atoms with Gasteiger partial charge in [-0.1, -0.05) is 11.6 Å². The molecule has 0 aliphatic heterocycles. The van der Waals surface area contributed by atoms with Gasteiger partial charge in [0, 0.05) is 36.8 Å². The molecule has 3 aromatic rings. The Balaban J connectivity index is 2.01. The Bertz CT molecular complexity index is 1080. The molecule has 6 nitrogen and oxygen atoms in total. The summed E-state index contributed by atoms with van der Waals surface area (Å²) in [6.45, 7) is 0.837. The Morgan fingerprint density at radius 3 is 2.64 bits per heavy atom. The van der Waals surface area contributed by atoms with Crippen molar-refractivity contribution in [3.8, 4) is 11.1 Å². The summed E-state index contributed by atoms with van der Waals surface area (Å²) in [5, 5.41) is 2.42. The fourth-order valence-corrected chi connectivity index (χ4v) is 3.58. The van der Waals surface area contributed by atoms with Crippen molar-refractivity contribution in [1.82, 2.24) is 19.9 Å². The highest BCUT2D eigenvalue weighted by Crippen LogP contribution is 2.37. The molecule has 11 heteroatoms. The minimum absolute atomic E-state index is 0.0806. The zero-order valence-corrected chi connectivity index (χ0v) is 16.9. The largest absolute Gasteiger partial charge is 0.408 e. The summed E-state index contributed by atoms with van der Waals surface area (Å²) in [6.07, 6.45) is 0.172. The maximum atomic E-state index is 12.6. The van der Waals surface area contributed by atoms with Crippen LogP contribution in [0.5, 0.6) is 0 Å². The van der Waals surface area contributed by atoms with Gasteiger partial charge in [0.05, 0.1) is 20.4 Å². The van der Waals surface area contributed by atoms with Crippen molar-refractivity contribution >= 4 is 50.2 Å². The lowest BCUT2D eigenvalue weighted by molar-refractivity contribution is -0.149. The number of aryl methyl sites for hydroxylation is 1. The zero-order chi connectivity index (χ0) is 20.8. The molecule has 1 atom stereocenters. The summed E-state index contributed by atoms with van der Waals surface area (Å²) < 4.78 is 40.5. The quantitative estimate of drug-likeness (QED) is 0.590. The van der Waals surface area contributed by atoms with E-state index in [9.17, 15) is 18.0 Å². The van der Waals surface area contributed by atoms with Crippen LogP contribution in [0.15, 0.2) is 29.1 Å². The number of nitrogens with two attached hydrogens (primary N) is 1. The first-order valence-electron chi connectivity index (χ1n) is 7.93. The van der Waals surface area contributed by atoms with Crippen LogP contribution in [0.1, 0.15) is 17.4 Å². The van der Waals surface area contributed by atoms with Crippen molar-refractivity contribution in [2.45, 2.75) is 19.1 Å². The molecular weight excluding hydrogens is 463 g/mol. The molecule has 0 fully saturated rings. The number of hydrogen-bond donors (Lipinski definition) is 2. The lowest BCUT2D eigenvalue weighted by atomic mass is 10.1. The Kier molecular flexibility index (Phi) is 5.28. The van der Waals surface area contributed by atoms with Gasteiger partial charge in [-0.2, -0.15) is 13.2 Å². The molecule has 28 heavy (non-hydrogen) atoms. The standard InChI is InChI=1S/C17H14BrClF3N5O/c1-7(17(20,21)22)26-16(28)13-11(19)3-8(4-24-13)9-6-27(2)14-10(18)5-25-15(23)12(9)14/h3-7H,1-2H3,(H2,23,25)(H,26,28)/t7-/m1/s1. The van der Waals surface area contributed by atoms with Gasteiger partial charge in [0.15, 0.2) is 0 Å². The molecule has 1 amide bonds. The van der Waals surface area contributed by atoms with Crippen LogP contribution in [0, 0.1) is 0 Å². The summed E-state index contributed by atoms with van der Waals surface area (Å²) in [5.74, 6) is -0.714. The van der Waals surface area contributed by atoms with E-state index in [1.54, 1.807) is 12.4 Å². The van der Waals surface area contributed by atoms with Crippen LogP contribution in [0.4, 0.5) is 19.0 Å². The maximum Gasteiger partial charge on any atom is 0.408 e. The van der Waals surface area contributed by atoms with Crippen molar-refractivity contribution in [2.75, 3.05) is 5.73 Å². The van der Waals surface area contributed by atoms with E-state index in [4.69, 9.17) is 17.3 Å². The number of aromatic nitrogens is 3. The van der Waals surface area contributed by atoms with Gasteiger partial charge in [-0.15, -0.1) is 0 Å². The van der Waals surface area contributed by atoms with Crippen LogP contribution < -0.4 is 11.1 Å². The van der Waals surface area contributed by atoms with Gasteiger partial charge in [-0.05, 0) is 28.9 Å². The fraction of sp³-hybridized carbons (Fsp3) is 0.235. The van der Waals surface area contributed by atoms with E-state index >= 15 is 0 Å². The van der Waals surface area contributed by atoms with Crippen molar-refractivity contribution in [2.24, 2.45) is 7.05 Å². The topological polar surface area (TPSA) is 85.8 Å². The first-order valence-corrected chi connectivity index (χ1v) is 9.10. The molecule has 3 aromatic heterocycles. The number of rotatable bonds is 3. The van der Waals surface area contributed by atoms with Crippen LogP contribution in [0.3, 0.4) is 0 Å². The molecule has 0 saturated carbocycles. The van der Waals surface area contributed by atoms with Gasteiger partial charge in [0.2, 0.25) is 0 Å². The first kappa shape index (κ1) is 20.4. The van der Waals surface area contributed by atoms with Gasteiger partial charge < -0.3 is 15.6 Å². The highest BCUT2D eigenvalue weighted by molar-refractivity contribution is 9.10. The molecule has 3 heterocycles. The predicted octanol–water partition coefficient (Wildman–Crippen LogP) is 4.31. The van der Waals surface area contributed by atoms with Gasteiger partial charge >= 0.3 is 6.18 Å². The Hall–Kier alpha value is -2.33. The van der Waals surface area contributed by atoms with Crippen LogP contribution in [0.25, 0.3) is 22.0 Å². The number of nitrogen functional groups attached to an aromatic ring is 1. The van der Waals surface area contributed by atoms with Crippen molar-refractivity contribution in [1.29, 1.82) is 0 Å². The van der Waals surface area contributed by atoms with Crippen LogP contribution in [0.2, 0.25) is 5.02 Å². The van der Waals surface area contributed by atoms with Gasteiger partial charge in [-0.25, -0.2) is 9.97 Å². The minimum Gasteiger partial charge on any atom is -0.383 e. The summed E-state index contributed by atoms with van der Waals surface area (Å²) in [6, 6.07) is -0.574. The Labute approximate surface area is 171 Å². The van der Waals surface area contributed by atoms with E-state index in [-0.39, 0.29) is 10.7 Å². The number of pyridine rings is 2. The minimum atomic E-state index is -4.57. The van der Waals surface area contributed by atoms with Gasteiger partial charge in [0.25, 0.3) is 5.91 Å². The van der Waals surface area contributed by atoms with E-state index in [1.807, 2.05) is 16.9 Å². The highest BCUT2D eigenvalue weighted by Gasteiger charge is 2.37. The number of carbonyl (C=O) groups excluding carboxylic acids is 1. The summed E-state index contributed by atoms with van der Waals surface area (Å²) in [7, 11) is 1.82. The second-order valence-corrected chi connectivity index (χ2v) is 7.42. The number of nitrogens with one attached hydrogen (secondary N) is 1. The van der Waals surface area contributed by atoms with Gasteiger partial charge in [0.1, 0.15) is 17.6 Å². The molecule has 0 unspecified atom stereocenters. The average Bonchev–Trinajstić information content (AvgIpc) is 2.95. The van der Waals surface area contributed by atoms with Gasteiger partial charge in [-0.3, -0.25) is 4.79 Å². The average molecular weight is 477 g/mol. The molecule has 0 aromatic carbocycles. The van der Waals surface area contributed by atoms with Crippen LogP contribution in [-0.2, 0) is 7.05 Å². The molecule has 0 aliphatic carbocycles. The number of amides is 1. The molecule has 3 N–H and O–H groups in total. The molecule has 0 aliphatic rings. The second kappa shape index (κ2) is 7.25. The summed E-state index contributed by atoms with van der Waals surface area (Å²) in [4.78, 5) is 20.2. The third-order valence-corrected chi connectivity index (χ3v) is 5.06. The predicted molar refractivity (Wildman–Crippen MR) is 104 cm³/mol. The highest BCUT2D eigenvalue weighted by atomic mass is 79.9. The molecule has 0 saturated heterocycles. The molecule has 0 radical (unpaired) electrons. The summed E-state index contributed by atoms with van der Waals surface area (Å²) in [5.41, 5.74) is 7.75. The molecule has 0 spiro atoms. The SMILES string of the molecule is C[C@@H](NC(=O)c1ncc(-c2cn(C)c3c(Br)cnc(N)c23)cc1Cl)C(F)(F)F. The lowest BCUT2D eigenvalue weighted by Gasteiger charge is -2.17. The van der Waals surface area contributed by atoms with E-state index in [1.165, 1.54) is 12.3 Å². The monoisotopic (exact) mass is 475 g/mol. The van der Waals surface area contributed by atoms with Crippen molar-refractivity contribution in [3.05, 3.63) is 39.8 Å². The fourth-order valence-electron chi connectivity index (χ4n) is 2.74. The second-order valence-electron chi connectivity index (χ2n) is 6.16. The van der Waals surface area contributed by atoms with E-state index in [0.717, 1.165) is 16.9 Å². The third kappa shape index (κ3) is 3.66. The number of nitrogens with zero attached hydrogens (tertiary/aromatic N) is 3. The number of fused-ring (bicyclic) bond motifs is 1. The van der Waals surface area contributed by atoms with Crippen molar-refractivity contribution < 1.29 is 18.0 Å². The van der Waals surface area contributed by atoms with E-state index in [2.05, 4.69) is 25.9 Å². The number of hydrogen-bond acceptors (Lipinski definition) is 4. The Morgan fingerprint density at radius 1 is 1.36 bits per heavy atom. The molecule has 3 rings (SSSR count). The Morgan fingerprint density at radius 2 is 2.04 bits per heavy atom. The number of halogens is 5. The van der Waals surface area contributed by atoms with E-state index in [0.29, 0.717) is 22.3 Å². The van der Waals surface area contributed by atoms with E-state index < -0.39 is 18.1 Å². The first-order chi connectivity index (χ1) is 13.0. The normalized spacial score (nSPS) is 13.0. The number of alkyl halides is 3. The van der Waals surface area contributed by atoms with Crippen LogP contribution in [-0.4, -0.2) is 32.7 Å². The molecule has 148 valence electrons. The molecular formula is C17H14BrClF3N5O. The number of anilines is 1.